The van der Waals surface area contributed by atoms with Gasteiger partial charge in [0.15, 0.2) is 12.4 Å². The molecule has 1 rings (SSSR count). The lowest BCUT2D eigenvalue weighted by Gasteiger charge is -2.03. The van der Waals surface area contributed by atoms with Gasteiger partial charge in [-0.3, -0.25) is 9.48 Å². The highest BCUT2D eigenvalue weighted by Crippen LogP contribution is 2.11. The first-order valence-electron chi connectivity index (χ1n) is 4.05. The van der Waals surface area contributed by atoms with E-state index in [1.54, 1.807) is 17.1 Å². The second-order valence-electron chi connectivity index (χ2n) is 3.00. The van der Waals surface area contributed by atoms with E-state index in [0.717, 1.165) is 0 Å². The number of aromatic nitrogens is 2. The summed E-state index contributed by atoms with van der Waals surface area (Å²) in [6.07, 6.45) is 3.29. The predicted molar refractivity (Wildman–Crippen MR) is 47.3 cm³/mol. The number of rotatable bonds is 4. The van der Waals surface area contributed by atoms with E-state index in [9.17, 15) is 4.79 Å². The molecule has 5 heteroatoms. The van der Waals surface area contributed by atoms with Crippen LogP contribution in [0.25, 0.3) is 0 Å². The summed E-state index contributed by atoms with van der Waals surface area (Å²) in [5.74, 6) is 0.0739. The Bertz CT molecular complexity index is 293. The van der Waals surface area contributed by atoms with Crippen molar-refractivity contribution in [2.75, 3.05) is 6.61 Å². The smallest absolute Gasteiger partial charge is 0.255 e. The van der Waals surface area contributed by atoms with Gasteiger partial charge in [-0.2, -0.15) is 5.10 Å². The molecule has 5 nitrogen and oxygen atoms in total. The Morgan fingerprint density at radius 3 is 2.92 bits per heavy atom. The van der Waals surface area contributed by atoms with Crippen LogP contribution in [0.2, 0.25) is 0 Å². The third-order valence-corrected chi connectivity index (χ3v) is 1.49. The van der Waals surface area contributed by atoms with Gasteiger partial charge in [-0.15, -0.1) is 0 Å². The Labute approximate surface area is 76.5 Å². The Morgan fingerprint density at radius 2 is 2.46 bits per heavy atom. The van der Waals surface area contributed by atoms with E-state index in [4.69, 9.17) is 10.5 Å². The molecule has 13 heavy (non-hydrogen) atoms. The molecule has 0 aromatic carbocycles. The fourth-order valence-corrected chi connectivity index (χ4v) is 0.832. The fourth-order valence-electron chi connectivity index (χ4n) is 0.832. The van der Waals surface area contributed by atoms with Crippen LogP contribution in [0.1, 0.15) is 19.9 Å². The van der Waals surface area contributed by atoms with Crippen molar-refractivity contribution < 1.29 is 9.53 Å². The van der Waals surface area contributed by atoms with Gasteiger partial charge >= 0.3 is 0 Å². The molecule has 1 aromatic rings. The summed E-state index contributed by atoms with van der Waals surface area (Å²) in [4.78, 5) is 10.4. The van der Waals surface area contributed by atoms with E-state index < -0.39 is 5.91 Å². The van der Waals surface area contributed by atoms with Crippen molar-refractivity contribution in [2.45, 2.75) is 19.9 Å². The Balaban J connectivity index is 2.54. The number of carbonyl (C=O) groups is 1. The average Bonchev–Trinajstić information content (AvgIpc) is 2.48. The molecule has 2 N–H and O–H groups in total. The molecule has 72 valence electrons. The third-order valence-electron chi connectivity index (χ3n) is 1.49. The molecule has 1 aromatic heterocycles. The lowest BCUT2D eigenvalue weighted by atomic mass is 10.4. The number of ether oxygens (including phenoxy) is 1. The molecule has 0 aliphatic heterocycles. The zero-order chi connectivity index (χ0) is 9.84. The molecule has 1 heterocycles. The number of hydrogen-bond acceptors (Lipinski definition) is 3. The van der Waals surface area contributed by atoms with Crippen molar-refractivity contribution in [3.05, 3.63) is 12.4 Å². The minimum atomic E-state index is -0.489. The summed E-state index contributed by atoms with van der Waals surface area (Å²) in [6, 6.07) is 0.283. The van der Waals surface area contributed by atoms with Crippen molar-refractivity contribution in [3.63, 3.8) is 0 Å². The summed E-state index contributed by atoms with van der Waals surface area (Å²) in [6.45, 7) is 3.90. The first-order valence-corrected chi connectivity index (χ1v) is 4.05. The summed E-state index contributed by atoms with van der Waals surface area (Å²) < 4.78 is 6.79. The molecule has 0 bridgehead atoms. The normalized spacial score (nSPS) is 10.4. The number of hydrogen-bond donors (Lipinski definition) is 1. The monoisotopic (exact) mass is 183 g/mol. The maximum atomic E-state index is 10.4. The van der Waals surface area contributed by atoms with Gasteiger partial charge in [0, 0.05) is 6.04 Å². The molecular weight excluding hydrogens is 170 g/mol. The third kappa shape index (κ3) is 2.77. The van der Waals surface area contributed by atoms with Crippen LogP contribution in [0.4, 0.5) is 0 Å². The van der Waals surface area contributed by atoms with Gasteiger partial charge < -0.3 is 10.5 Å². The first-order chi connectivity index (χ1) is 6.09. The van der Waals surface area contributed by atoms with Crippen LogP contribution in [0.15, 0.2) is 12.4 Å². The molecule has 0 saturated heterocycles. The molecule has 0 atom stereocenters. The largest absolute Gasteiger partial charge is 0.480 e. The molecule has 0 aliphatic rings. The van der Waals surface area contributed by atoms with Gasteiger partial charge in [0.25, 0.3) is 5.91 Å². The Hall–Kier alpha value is -1.52. The van der Waals surface area contributed by atoms with Gasteiger partial charge in [0.05, 0.1) is 12.4 Å². The van der Waals surface area contributed by atoms with Crippen LogP contribution < -0.4 is 10.5 Å². The SMILES string of the molecule is CC(C)n1cc(OCC(N)=O)cn1. The van der Waals surface area contributed by atoms with Crippen molar-refractivity contribution in [3.8, 4) is 5.75 Å². The lowest BCUT2D eigenvalue weighted by Crippen LogP contribution is -2.19. The molecule has 0 spiro atoms. The molecule has 0 unspecified atom stereocenters. The zero-order valence-electron chi connectivity index (χ0n) is 7.73. The fraction of sp³-hybridized carbons (Fsp3) is 0.500. The van der Waals surface area contributed by atoms with Gasteiger partial charge in [-0.25, -0.2) is 0 Å². The molecule has 0 fully saturated rings. The quantitative estimate of drug-likeness (QED) is 0.731. The van der Waals surface area contributed by atoms with Crippen molar-refractivity contribution in [2.24, 2.45) is 5.73 Å². The Kier molecular flexibility index (Phi) is 2.89. The standard InChI is InChI=1S/C8H13N3O2/c1-6(2)11-4-7(3-10-11)13-5-8(9)12/h3-4,6H,5H2,1-2H3,(H2,9,12). The number of nitrogens with zero attached hydrogens (tertiary/aromatic N) is 2. The molecule has 0 saturated carbocycles. The maximum Gasteiger partial charge on any atom is 0.255 e. The zero-order valence-corrected chi connectivity index (χ0v) is 7.73. The highest BCUT2D eigenvalue weighted by atomic mass is 16.5. The number of nitrogens with two attached hydrogens (primary N) is 1. The lowest BCUT2D eigenvalue weighted by molar-refractivity contribution is -0.119. The van der Waals surface area contributed by atoms with Crippen LogP contribution in [0.3, 0.4) is 0 Å². The Morgan fingerprint density at radius 1 is 1.77 bits per heavy atom. The molecular formula is C8H13N3O2. The average molecular weight is 183 g/mol. The van der Waals surface area contributed by atoms with Crippen LogP contribution in [-0.4, -0.2) is 22.3 Å². The number of amides is 1. The molecule has 0 aliphatic carbocycles. The van der Waals surface area contributed by atoms with Gasteiger partial charge in [0.2, 0.25) is 0 Å². The van der Waals surface area contributed by atoms with Gasteiger partial charge in [-0.05, 0) is 13.8 Å². The van der Waals surface area contributed by atoms with E-state index >= 15 is 0 Å². The number of carbonyl (C=O) groups excluding carboxylic acids is 1. The van der Waals surface area contributed by atoms with Crippen LogP contribution in [0, 0.1) is 0 Å². The van der Waals surface area contributed by atoms with E-state index in [1.807, 2.05) is 13.8 Å². The van der Waals surface area contributed by atoms with Crippen LogP contribution in [0.5, 0.6) is 5.75 Å². The second-order valence-corrected chi connectivity index (χ2v) is 3.00. The summed E-state index contributed by atoms with van der Waals surface area (Å²) in [5, 5.41) is 4.03. The van der Waals surface area contributed by atoms with Crippen LogP contribution >= 0.6 is 0 Å². The molecule has 0 radical (unpaired) electrons. The van der Waals surface area contributed by atoms with E-state index in [1.165, 1.54) is 0 Å². The van der Waals surface area contributed by atoms with Crippen LogP contribution in [-0.2, 0) is 4.79 Å². The minimum absolute atomic E-state index is 0.107. The van der Waals surface area contributed by atoms with Gasteiger partial charge in [-0.1, -0.05) is 0 Å². The van der Waals surface area contributed by atoms with Crippen molar-refractivity contribution >= 4 is 5.91 Å². The minimum Gasteiger partial charge on any atom is -0.480 e. The first kappa shape index (κ1) is 9.57. The molecule has 1 amide bonds. The van der Waals surface area contributed by atoms with Crippen molar-refractivity contribution in [1.82, 2.24) is 9.78 Å². The van der Waals surface area contributed by atoms with E-state index in [0.29, 0.717) is 5.75 Å². The maximum absolute atomic E-state index is 10.4. The predicted octanol–water partition coefficient (Wildman–Crippen LogP) is 0.328. The van der Waals surface area contributed by atoms with E-state index in [2.05, 4.69) is 5.10 Å². The topological polar surface area (TPSA) is 70.1 Å². The van der Waals surface area contributed by atoms with Crippen molar-refractivity contribution in [1.29, 1.82) is 0 Å². The summed E-state index contributed by atoms with van der Waals surface area (Å²) >= 11 is 0. The van der Waals surface area contributed by atoms with E-state index in [-0.39, 0.29) is 12.6 Å². The number of primary amides is 1. The second kappa shape index (κ2) is 3.93. The highest BCUT2D eigenvalue weighted by molar-refractivity contribution is 5.75. The summed E-state index contributed by atoms with van der Waals surface area (Å²) in [5.41, 5.74) is 4.92. The van der Waals surface area contributed by atoms with Gasteiger partial charge in [0.1, 0.15) is 0 Å². The summed E-state index contributed by atoms with van der Waals surface area (Å²) in [7, 11) is 0. The highest BCUT2D eigenvalue weighted by Gasteiger charge is 2.03.